The molecule has 1 heteroatoms. The Labute approximate surface area is 92.8 Å². The quantitative estimate of drug-likeness (QED) is 0.654. The van der Waals surface area contributed by atoms with Crippen molar-refractivity contribution in [3.8, 4) is 5.75 Å². The molecule has 0 aromatic heterocycles. The summed E-state index contributed by atoms with van der Waals surface area (Å²) in [7, 11) is 0. The van der Waals surface area contributed by atoms with Gasteiger partial charge in [0.1, 0.15) is 12.4 Å². The van der Waals surface area contributed by atoms with Crippen molar-refractivity contribution in [2.75, 3.05) is 6.61 Å². The van der Waals surface area contributed by atoms with Gasteiger partial charge in [0.25, 0.3) is 0 Å². The Balaban J connectivity index is 2.56. The summed E-state index contributed by atoms with van der Waals surface area (Å²) in [5.41, 5.74) is 1.39. The Hall–Kier alpha value is -1.24. The third kappa shape index (κ3) is 3.78. The van der Waals surface area contributed by atoms with E-state index in [1.807, 2.05) is 31.2 Å². The summed E-state index contributed by atoms with van der Waals surface area (Å²) in [6.45, 7) is 7.10. The topological polar surface area (TPSA) is 9.23 Å². The fourth-order valence-electron chi connectivity index (χ4n) is 1.37. The van der Waals surface area contributed by atoms with Crippen LogP contribution in [0.4, 0.5) is 0 Å². The predicted octanol–water partition coefficient (Wildman–Crippen LogP) is 4.16. The summed E-state index contributed by atoms with van der Waals surface area (Å²) in [6, 6.07) is 8.40. The summed E-state index contributed by atoms with van der Waals surface area (Å²) in [6.07, 6.45) is 5.18. The highest BCUT2D eigenvalue weighted by molar-refractivity contribution is 5.29. The number of benzene rings is 1. The molecule has 0 aliphatic rings. The lowest BCUT2D eigenvalue weighted by Gasteiger charge is -2.09. The zero-order valence-corrected chi connectivity index (χ0v) is 9.86. The van der Waals surface area contributed by atoms with E-state index in [9.17, 15) is 0 Å². The van der Waals surface area contributed by atoms with Crippen molar-refractivity contribution in [2.45, 2.75) is 33.1 Å². The van der Waals surface area contributed by atoms with Gasteiger partial charge in [0.05, 0.1) is 0 Å². The number of allylic oxidation sites excluding steroid dienone is 1. The number of hydrogen-bond donors (Lipinski definition) is 0. The van der Waals surface area contributed by atoms with Crippen LogP contribution in [-0.4, -0.2) is 6.61 Å². The van der Waals surface area contributed by atoms with Gasteiger partial charge in [-0.3, -0.25) is 0 Å². The first kappa shape index (κ1) is 11.8. The van der Waals surface area contributed by atoms with E-state index in [1.54, 1.807) is 0 Å². The maximum absolute atomic E-state index is 5.53. The van der Waals surface area contributed by atoms with E-state index in [0.29, 0.717) is 12.5 Å². The Kier molecular flexibility index (Phi) is 4.96. The summed E-state index contributed by atoms with van der Waals surface area (Å²) < 4.78 is 5.53. The summed E-state index contributed by atoms with van der Waals surface area (Å²) in [5.74, 6) is 1.58. The van der Waals surface area contributed by atoms with Gasteiger partial charge in [-0.1, -0.05) is 38.1 Å². The average molecular weight is 204 g/mol. The molecule has 0 fully saturated rings. The fraction of sp³-hybridized carbons (Fsp3) is 0.429. The van der Waals surface area contributed by atoms with Gasteiger partial charge in [-0.15, -0.1) is 0 Å². The molecule has 0 spiro atoms. The van der Waals surface area contributed by atoms with Crippen LogP contribution < -0.4 is 4.74 Å². The van der Waals surface area contributed by atoms with Crippen LogP contribution in [0.25, 0.3) is 0 Å². The van der Waals surface area contributed by atoms with Crippen LogP contribution in [0.5, 0.6) is 5.75 Å². The molecule has 1 rings (SSSR count). The van der Waals surface area contributed by atoms with Crippen molar-refractivity contribution in [1.29, 1.82) is 0 Å². The van der Waals surface area contributed by atoms with Gasteiger partial charge in [0.2, 0.25) is 0 Å². The van der Waals surface area contributed by atoms with Crippen molar-refractivity contribution in [2.24, 2.45) is 0 Å². The third-order valence-electron chi connectivity index (χ3n) is 2.64. The van der Waals surface area contributed by atoms with E-state index in [2.05, 4.69) is 26.0 Å². The molecule has 0 radical (unpaired) electrons. The van der Waals surface area contributed by atoms with Crippen molar-refractivity contribution in [3.63, 3.8) is 0 Å². The lowest BCUT2D eigenvalue weighted by Crippen LogP contribution is -1.94. The number of hydrogen-bond acceptors (Lipinski definition) is 1. The van der Waals surface area contributed by atoms with Crippen molar-refractivity contribution in [3.05, 3.63) is 42.0 Å². The Morgan fingerprint density at radius 3 is 2.47 bits per heavy atom. The van der Waals surface area contributed by atoms with Gasteiger partial charge < -0.3 is 4.74 Å². The summed E-state index contributed by atoms with van der Waals surface area (Å²) in [4.78, 5) is 0. The molecule has 1 nitrogen and oxygen atoms in total. The Morgan fingerprint density at radius 2 is 1.93 bits per heavy atom. The number of ether oxygens (including phenoxy) is 1. The van der Waals surface area contributed by atoms with E-state index in [0.717, 1.165) is 5.75 Å². The molecule has 0 bridgehead atoms. The molecule has 0 saturated carbocycles. The van der Waals surface area contributed by atoms with Gasteiger partial charge in [0.15, 0.2) is 0 Å². The highest BCUT2D eigenvalue weighted by atomic mass is 16.5. The van der Waals surface area contributed by atoms with Crippen LogP contribution in [0.3, 0.4) is 0 Å². The highest BCUT2D eigenvalue weighted by Gasteiger charge is 2.01. The normalized spacial score (nSPS) is 13.0. The molecule has 0 amide bonds. The second-order valence-electron chi connectivity index (χ2n) is 3.76. The lowest BCUT2D eigenvalue weighted by atomic mass is 9.99. The molecule has 82 valence electrons. The summed E-state index contributed by atoms with van der Waals surface area (Å²) in [5, 5.41) is 0. The smallest absolute Gasteiger partial charge is 0.119 e. The van der Waals surface area contributed by atoms with Gasteiger partial charge in [-0.05, 0) is 37.0 Å². The maximum atomic E-state index is 5.53. The molecule has 0 heterocycles. The van der Waals surface area contributed by atoms with E-state index < -0.39 is 0 Å². The van der Waals surface area contributed by atoms with Crippen LogP contribution >= 0.6 is 0 Å². The molecule has 0 aliphatic heterocycles. The monoisotopic (exact) mass is 204 g/mol. The van der Waals surface area contributed by atoms with Gasteiger partial charge in [-0.25, -0.2) is 0 Å². The van der Waals surface area contributed by atoms with Crippen LogP contribution in [-0.2, 0) is 0 Å². The second kappa shape index (κ2) is 6.28. The SMILES string of the molecule is CC=CCOc1ccc(C(C)CC)cc1. The van der Waals surface area contributed by atoms with Crippen LogP contribution in [0.1, 0.15) is 38.7 Å². The van der Waals surface area contributed by atoms with Gasteiger partial charge in [-0.2, -0.15) is 0 Å². The van der Waals surface area contributed by atoms with E-state index in [4.69, 9.17) is 4.74 Å². The van der Waals surface area contributed by atoms with Crippen molar-refractivity contribution < 1.29 is 4.74 Å². The fourth-order valence-corrected chi connectivity index (χ4v) is 1.37. The molecule has 0 N–H and O–H groups in total. The van der Waals surface area contributed by atoms with E-state index >= 15 is 0 Å². The van der Waals surface area contributed by atoms with Crippen molar-refractivity contribution >= 4 is 0 Å². The zero-order valence-electron chi connectivity index (χ0n) is 9.86. The number of rotatable bonds is 5. The van der Waals surface area contributed by atoms with Crippen molar-refractivity contribution in [1.82, 2.24) is 0 Å². The first-order valence-electron chi connectivity index (χ1n) is 5.61. The van der Waals surface area contributed by atoms with Crippen LogP contribution in [0, 0.1) is 0 Å². The Morgan fingerprint density at radius 1 is 1.27 bits per heavy atom. The molecule has 1 atom stereocenters. The molecule has 0 aliphatic carbocycles. The lowest BCUT2D eigenvalue weighted by molar-refractivity contribution is 0.362. The largest absolute Gasteiger partial charge is 0.490 e. The molecule has 0 saturated heterocycles. The molecule has 15 heavy (non-hydrogen) atoms. The minimum atomic E-state index is 0.634. The van der Waals surface area contributed by atoms with Gasteiger partial charge in [0, 0.05) is 0 Å². The first-order valence-corrected chi connectivity index (χ1v) is 5.61. The summed E-state index contributed by atoms with van der Waals surface area (Å²) >= 11 is 0. The molecule has 1 unspecified atom stereocenters. The second-order valence-corrected chi connectivity index (χ2v) is 3.76. The molecule has 1 aromatic rings. The minimum absolute atomic E-state index is 0.634. The van der Waals surface area contributed by atoms with E-state index in [-0.39, 0.29) is 0 Å². The standard InChI is InChI=1S/C14H20O/c1-4-6-11-15-14-9-7-13(8-10-14)12(3)5-2/h4,6-10,12H,5,11H2,1-3H3. The first-order chi connectivity index (χ1) is 7.27. The van der Waals surface area contributed by atoms with Crippen LogP contribution in [0.15, 0.2) is 36.4 Å². The zero-order chi connectivity index (χ0) is 11.1. The van der Waals surface area contributed by atoms with E-state index in [1.165, 1.54) is 12.0 Å². The Bertz CT molecular complexity index is 298. The molecular weight excluding hydrogens is 184 g/mol. The highest BCUT2D eigenvalue weighted by Crippen LogP contribution is 2.21. The van der Waals surface area contributed by atoms with Crippen LogP contribution in [0.2, 0.25) is 0 Å². The average Bonchev–Trinajstić information content (AvgIpc) is 2.29. The maximum Gasteiger partial charge on any atom is 0.119 e. The predicted molar refractivity (Wildman–Crippen MR) is 65.5 cm³/mol. The minimum Gasteiger partial charge on any atom is -0.490 e. The molecule has 1 aromatic carbocycles. The van der Waals surface area contributed by atoms with Gasteiger partial charge >= 0.3 is 0 Å². The third-order valence-corrected chi connectivity index (χ3v) is 2.64. The molecular formula is C14H20O.